The number of ether oxygens (including phenoxy) is 2. The zero-order chi connectivity index (χ0) is 22.1. The number of carbonyl (C=O) groups is 3. The van der Waals surface area contributed by atoms with Crippen molar-refractivity contribution in [2.24, 2.45) is 0 Å². The van der Waals surface area contributed by atoms with Gasteiger partial charge in [0.2, 0.25) is 5.91 Å². The van der Waals surface area contributed by atoms with E-state index in [0.29, 0.717) is 11.3 Å². The summed E-state index contributed by atoms with van der Waals surface area (Å²) < 4.78 is 10.2. The van der Waals surface area contributed by atoms with Crippen molar-refractivity contribution in [2.75, 3.05) is 32.6 Å². The first kappa shape index (κ1) is 22.7. The van der Waals surface area contributed by atoms with Gasteiger partial charge < -0.3 is 19.7 Å². The number of likely N-dealkylation sites (N-methyl/N-ethyl adjacent to an activating group) is 1. The van der Waals surface area contributed by atoms with Crippen LogP contribution in [0.2, 0.25) is 0 Å². The van der Waals surface area contributed by atoms with E-state index in [1.54, 1.807) is 18.2 Å². The fourth-order valence-corrected chi connectivity index (χ4v) is 2.75. The highest BCUT2D eigenvalue weighted by Gasteiger charge is 2.15. The van der Waals surface area contributed by atoms with Crippen molar-refractivity contribution in [3.8, 4) is 5.75 Å². The number of hydrogen-bond acceptors (Lipinski definition) is 5. The number of carbonyl (C=O) groups excluding carboxylic acids is 3. The van der Waals surface area contributed by atoms with E-state index in [-0.39, 0.29) is 12.5 Å². The predicted octanol–water partition coefficient (Wildman–Crippen LogP) is 2.97. The maximum atomic E-state index is 12.3. The number of nitrogens with zero attached hydrogens (tertiary/aromatic N) is 1. The van der Waals surface area contributed by atoms with E-state index in [2.05, 4.69) is 5.32 Å². The number of rotatable bonds is 8. The molecule has 2 rings (SSSR count). The van der Waals surface area contributed by atoms with Crippen LogP contribution in [-0.2, 0) is 19.1 Å². The minimum absolute atomic E-state index is 0.152. The summed E-state index contributed by atoms with van der Waals surface area (Å²) in [5.41, 5.74) is 3.32. The van der Waals surface area contributed by atoms with Gasteiger partial charge in [0.15, 0.2) is 6.61 Å². The first-order valence-electron chi connectivity index (χ1n) is 9.39. The Bertz CT molecular complexity index is 932. The van der Waals surface area contributed by atoms with E-state index in [0.717, 1.165) is 16.8 Å². The Labute approximate surface area is 176 Å². The van der Waals surface area contributed by atoms with Gasteiger partial charge in [0.25, 0.3) is 5.91 Å². The van der Waals surface area contributed by atoms with E-state index in [9.17, 15) is 14.4 Å². The van der Waals surface area contributed by atoms with Gasteiger partial charge in [-0.25, -0.2) is 4.79 Å². The molecular weight excluding hydrogens is 384 g/mol. The van der Waals surface area contributed by atoms with Crippen LogP contribution in [0.25, 0.3) is 6.08 Å². The summed E-state index contributed by atoms with van der Waals surface area (Å²) in [6.45, 7) is 3.19. The third-order valence-corrected chi connectivity index (χ3v) is 4.43. The van der Waals surface area contributed by atoms with Gasteiger partial charge in [-0.05, 0) is 37.1 Å². The smallest absolute Gasteiger partial charge is 0.331 e. The minimum Gasteiger partial charge on any atom is -0.496 e. The van der Waals surface area contributed by atoms with Crippen molar-refractivity contribution in [1.82, 2.24) is 4.90 Å². The lowest BCUT2D eigenvalue weighted by atomic mass is 10.1. The molecule has 2 amide bonds. The van der Waals surface area contributed by atoms with Crippen LogP contribution < -0.4 is 10.1 Å². The van der Waals surface area contributed by atoms with Crippen LogP contribution in [0.1, 0.15) is 16.7 Å². The zero-order valence-electron chi connectivity index (χ0n) is 17.6. The Balaban J connectivity index is 1.83. The highest BCUT2D eigenvalue weighted by molar-refractivity contribution is 5.96. The number of methoxy groups -OCH3 is 1. The molecule has 0 aliphatic rings. The van der Waals surface area contributed by atoms with Gasteiger partial charge in [0, 0.05) is 24.4 Å². The van der Waals surface area contributed by atoms with Crippen molar-refractivity contribution in [3.63, 3.8) is 0 Å². The first-order chi connectivity index (χ1) is 14.3. The van der Waals surface area contributed by atoms with E-state index in [1.807, 2.05) is 44.2 Å². The summed E-state index contributed by atoms with van der Waals surface area (Å²) in [6.07, 6.45) is 2.77. The number of aryl methyl sites for hydroxylation is 2. The number of para-hydroxylation sites is 2. The SMILES string of the molecule is COc1ccccc1/C=C/C(=O)OCC(=O)N(C)CC(=O)Nc1c(C)cccc1C. The molecule has 2 aromatic rings. The molecule has 158 valence electrons. The summed E-state index contributed by atoms with van der Waals surface area (Å²) in [5, 5.41) is 2.81. The molecule has 0 fully saturated rings. The van der Waals surface area contributed by atoms with Crippen molar-refractivity contribution in [2.45, 2.75) is 13.8 Å². The second-order valence-corrected chi connectivity index (χ2v) is 6.75. The molecule has 0 radical (unpaired) electrons. The highest BCUT2D eigenvalue weighted by Crippen LogP contribution is 2.19. The third-order valence-electron chi connectivity index (χ3n) is 4.43. The third kappa shape index (κ3) is 6.48. The maximum absolute atomic E-state index is 12.3. The Hall–Kier alpha value is -3.61. The monoisotopic (exact) mass is 410 g/mol. The largest absolute Gasteiger partial charge is 0.496 e. The molecule has 0 aromatic heterocycles. The topological polar surface area (TPSA) is 84.9 Å². The summed E-state index contributed by atoms with van der Waals surface area (Å²) in [5.74, 6) is -0.855. The van der Waals surface area contributed by atoms with Gasteiger partial charge in [-0.15, -0.1) is 0 Å². The van der Waals surface area contributed by atoms with Crippen molar-refractivity contribution >= 4 is 29.5 Å². The normalized spacial score (nSPS) is 10.5. The van der Waals surface area contributed by atoms with Gasteiger partial charge in [0.1, 0.15) is 5.75 Å². The zero-order valence-corrected chi connectivity index (χ0v) is 17.6. The van der Waals surface area contributed by atoms with Crippen LogP contribution in [0.4, 0.5) is 5.69 Å². The molecule has 7 heteroatoms. The molecule has 0 aliphatic heterocycles. The van der Waals surface area contributed by atoms with E-state index in [4.69, 9.17) is 9.47 Å². The molecule has 0 unspecified atom stereocenters. The number of esters is 1. The lowest BCUT2D eigenvalue weighted by Crippen LogP contribution is -2.37. The average Bonchev–Trinajstić information content (AvgIpc) is 2.73. The standard InChI is InChI=1S/C23H26N2O5/c1-16-8-7-9-17(2)23(16)24-20(26)14-25(3)21(27)15-30-22(28)13-12-18-10-5-6-11-19(18)29-4/h5-13H,14-15H2,1-4H3,(H,24,26)/b13-12+. The van der Waals surface area contributed by atoms with Gasteiger partial charge in [0.05, 0.1) is 13.7 Å². The average molecular weight is 410 g/mol. The summed E-state index contributed by atoms with van der Waals surface area (Å²) in [7, 11) is 3.02. The minimum atomic E-state index is -0.664. The van der Waals surface area contributed by atoms with Crippen LogP contribution in [0.5, 0.6) is 5.75 Å². The van der Waals surface area contributed by atoms with Crippen LogP contribution in [0.3, 0.4) is 0 Å². The van der Waals surface area contributed by atoms with Crippen LogP contribution in [0.15, 0.2) is 48.5 Å². The fourth-order valence-electron chi connectivity index (χ4n) is 2.75. The molecule has 0 saturated heterocycles. The van der Waals surface area contributed by atoms with Crippen molar-refractivity contribution < 1.29 is 23.9 Å². The Morgan fingerprint density at radius 1 is 1.03 bits per heavy atom. The van der Waals surface area contributed by atoms with E-state index < -0.39 is 18.5 Å². The molecular formula is C23H26N2O5. The lowest BCUT2D eigenvalue weighted by molar-refractivity contribution is -0.148. The summed E-state index contributed by atoms with van der Waals surface area (Å²) in [6, 6.07) is 12.9. The van der Waals surface area contributed by atoms with Crippen molar-refractivity contribution in [3.05, 3.63) is 65.2 Å². The molecule has 7 nitrogen and oxygen atoms in total. The molecule has 0 saturated carbocycles. The van der Waals surface area contributed by atoms with E-state index >= 15 is 0 Å². The second-order valence-electron chi connectivity index (χ2n) is 6.75. The Morgan fingerprint density at radius 2 is 1.70 bits per heavy atom. The van der Waals surface area contributed by atoms with Crippen LogP contribution in [0, 0.1) is 13.8 Å². The number of benzene rings is 2. The van der Waals surface area contributed by atoms with Crippen molar-refractivity contribution in [1.29, 1.82) is 0 Å². The number of amides is 2. The fraction of sp³-hybridized carbons (Fsp3) is 0.261. The van der Waals surface area contributed by atoms with Gasteiger partial charge in [-0.3, -0.25) is 9.59 Å². The van der Waals surface area contributed by atoms with Crippen LogP contribution in [-0.4, -0.2) is 50.0 Å². The lowest BCUT2D eigenvalue weighted by Gasteiger charge is -2.18. The van der Waals surface area contributed by atoms with Crippen LogP contribution >= 0.6 is 0 Å². The first-order valence-corrected chi connectivity index (χ1v) is 9.39. The van der Waals surface area contributed by atoms with Gasteiger partial charge in [-0.2, -0.15) is 0 Å². The number of nitrogens with one attached hydrogen (secondary N) is 1. The highest BCUT2D eigenvalue weighted by atomic mass is 16.5. The van der Waals surface area contributed by atoms with Gasteiger partial charge in [-0.1, -0.05) is 36.4 Å². The second kappa shape index (κ2) is 10.8. The Morgan fingerprint density at radius 3 is 2.37 bits per heavy atom. The Kier molecular flexibility index (Phi) is 8.17. The molecule has 0 bridgehead atoms. The summed E-state index contributed by atoms with van der Waals surface area (Å²) in [4.78, 5) is 37.5. The molecule has 0 heterocycles. The number of anilines is 1. The molecule has 0 spiro atoms. The van der Waals surface area contributed by atoms with E-state index in [1.165, 1.54) is 25.1 Å². The molecule has 1 N–H and O–H groups in total. The molecule has 30 heavy (non-hydrogen) atoms. The quantitative estimate of drug-likeness (QED) is 0.534. The molecule has 0 aliphatic carbocycles. The maximum Gasteiger partial charge on any atom is 0.331 e. The predicted molar refractivity (Wildman–Crippen MR) is 115 cm³/mol. The van der Waals surface area contributed by atoms with Gasteiger partial charge >= 0.3 is 5.97 Å². The number of hydrogen-bond donors (Lipinski definition) is 1. The summed E-state index contributed by atoms with van der Waals surface area (Å²) >= 11 is 0. The molecule has 0 atom stereocenters. The molecule has 2 aromatic carbocycles.